The van der Waals surface area contributed by atoms with Crippen molar-refractivity contribution in [1.82, 2.24) is 14.7 Å². The molecule has 0 aromatic heterocycles. The largest absolute Gasteiger partial charge is 0.467 e. The SMILES string of the molecule is COC(=O)[C@@H]1CCCN1C(=O)[C@H]1Cc2ccccc2CN1C(=O)[C@H]1CC[C@@H](c2ccccc2)N1C(=O)[C@H]1Cc2ccccc2N1C(=O)OC1CCCCC1. The molecule has 5 atom stereocenters. The molecule has 11 heteroatoms. The zero-order valence-electron chi connectivity index (χ0n) is 30.8. The fraction of sp³-hybridized carbons (Fsp3) is 0.465. The number of carbonyl (C=O) groups is 5. The molecule has 282 valence electrons. The molecular formula is C43H48N4O7. The monoisotopic (exact) mass is 732 g/mol. The molecule has 4 heterocycles. The quantitative estimate of drug-likeness (QED) is 0.297. The zero-order valence-corrected chi connectivity index (χ0v) is 30.8. The lowest BCUT2D eigenvalue weighted by Gasteiger charge is -2.42. The maximum absolute atomic E-state index is 15.3. The number of rotatable bonds is 6. The van der Waals surface area contributed by atoms with E-state index in [-0.39, 0.29) is 30.4 Å². The smallest absolute Gasteiger partial charge is 0.415 e. The van der Waals surface area contributed by atoms with E-state index >= 15 is 9.59 Å². The summed E-state index contributed by atoms with van der Waals surface area (Å²) in [6.07, 6.45) is 6.68. The van der Waals surface area contributed by atoms with Gasteiger partial charge in [0.1, 0.15) is 30.3 Å². The molecule has 8 rings (SSSR count). The second-order valence-electron chi connectivity index (χ2n) is 15.3. The van der Waals surface area contributed by atoms with E-state index in [4.69, 9.17) is 9.47 Å². The summed E-state index contributed by atoms with van der Waals surface area (Å²) in [4.78, 5) is 78.1. The standard InChI is InChI=1S/C43H48N4O7/c1-53-42(51)36-21-12-24-44(36)40(49)37-25-29-15-8-9-17-31(29)27-45(37)39(48)35-23-22-34(28-13-4-2-5-14-28)46(35)41(50)38-26-30-16-10-11-20-33(30)47(38)43(52)54-32-18-6-3-7-19-32/h2,4-5,8-11,13-17,20,32,34-38H,3,6-7,12,18-19,21-27H2,1H3/t34-,35+,36-,37+,38+/m0/s1. The Hall–Kier alpha value is -5.19. The molecule has 54 heavy (non-hydrogen) atoms. The Morgan fingerprint density at radius 1 is 0.593 bits per heavy atom. The van der Waals surface area contributed by atoms with E-state index < -0.39 is 42.3 Å². The average Bonchev–Trinajstić information content (AvgIpc) is 3.98. The van der Waals surface area contributed by atoms with Gasteiger partial charge in [0.15, 0.2) is 0 Å². The Morgan fingerprint density at radius 3 is 2.02 bits per heavy atom. The number of para-hydroxylation sites is 1. The van der Waals surface area contributed by atoms with Gasteiger partial charge in [0.25, 0.3) is 0 Å². The van der Waals surface area contributed by atoms with Crippen molar-refractivity contribution in [2.24, 2.45) is 0 Å². The molecule has 5 aliphatic rings. The minimum Gasteiger partial charge on any atom is -0.467 e. The van der Waals surface area contributed by atoms with Crippen molar-refractivity contribution < 1.29 is 33.4 Å². The first kappa shape index (κ1) is 35.8. The number of benzene rings is 3. The first-order valence-electron chi connectivity index (χ1n) is 19.5. The van der Waals surface area contributed by atoms with Gasteiger partial charge in [-0.1, -0.05) is 79.2 Å². The normalized spacial score (nSPS) is 25.2. The summed E-state index contributed by atoms with van der Waals surface area (Å²) in [6.45, 7) is 0.601. The Kier molecular flexibility index (Phi) is 10.1. The lowest BCUT2D eigenvalue weighted by atomic mass is 9.92. The van der Waals surface area contributed by atoms with Crippen molar-refractivity contribution in [3.8, 4) is 0 Å². The highest BCUT2D eigenvalue weighted by Gasteiger charge is 2.51. The van der Waals surface area contributed by atoms with Gasteiger partial charge < -0.3 is 24.2 Å². The van der Waals surface area contributed by atoms with E-state index in [0.29, 0.717) is 50.8 Å². The molecule has 3 aromatic rings. The second-order valence-corrected chi connectivity index (χ2v) is 15.3. The highest BCUT2D eigenvalue weighted by Crippen LogP contribution is 2.42. The Morgan fingerprint density at radius 2 is 1.26 bits per heavy atom. The first-order chi connectivity index (χ1) is 26.3. The summed E-state index contributed by atoms with van der Waals surface area (Å²) in [5.41, 5.74) is 4.35. The Balaban J connectivity index is 1.14. The van der Waals surface area contributed by atoms with Crippen LogP contribution in [0.5, 0.6) is 0 Å². The second kappa shape index (κ2) is 15.3. The number of nitrogens with zero attached hydrogens (tertiary/aromatic N) is 4. The van der Waals surface area contributed by atoms with Crippen LogP contribution < -0.4 is 4.90 Å². The molecule has 3 fully saturated rings. The number of fused-ring (bicyclic) bond motifs is 2. The number of hydrogen-bond donors (Lipinski definition) is 0. The van der Waals surface area contributed by atoms with Crippen LogP contribution in [0.25, 0.3) is 0 Å². The number of hydrogen-bond acceptors (Lipinski definition) is 7. The molecule has 0 bridgehead atoms. The molecule has 0 unspecified atom stereocenters. The molecule has 4 amide bonds. The molecule has 0 spiro atoms. The van der Waals surface area contributed by atoms with E-state index in [1.165, 1.54) is 12.0 Å². The van der Waals surface area contributed by atoms with Gasteiger partial charge in [0, 0.05) is 25.9 Å². The van der Waals surface area contributed by atoms with Crippen LogP contribution in [0.15, 0.2) is 78.9 Å². The number of carbonyl (C=O) groups excluding carboxylic acids is 5. The van der Waals surface area contributed by atoms with Gasteiger partial charge in [-0.05, 0) is 79.7 Å². The van der Waals surface area contributed by atoms with Crippen LogP contribution in [0.4, 0.5) is 10.5 Å². The molecule has 0 radical (unpaired) electrons. The van der Waals surface area contributed by atoms with Crippen LogP contribution in [-0.2, 0) is 48.0 Å². The van der Waals surface area contributed by atoms with Crippen LogP contribution in [0, 0.1) is 0 Å². The molecule has 1 aliphatic carbocycles. The number of methoxy groups -OCH3 is 1. The summed E-state index contributed by atoms with van der Waals surface area (Å²) in [7, 11) is 1.32. The van der Waals surface area contributed by atoms with Crippen LogP contribution >= 0.6 is 0 Å². The van der Waals surface area contributed by atoms with Gasteiger partial charge >= 0.3 is 12.1 Å². The third kappa shape index (κ3) is 6.62. The van der Waals surface area contributed by atoms with Crippen molar-refractivity contribution in [2.75, 3.05) is 18.6 Å². The first-order valence-corrected chi connectivity index (χ1v) is 19.5. The lowest BCUT2D eigenvalue weighted by Crippen LogP contribution is -2.60. The topological polar surface area (TPSA) is 117 Å². The number of ether oxygens (including phenoxy) is 2. The Bertz CT molecular complexity index is 1910. The van der Waals surface area contributed by atoms with E-state index in [1.807, 2.05) is 78.9 Å². The van der Waals surface area contributed by atoms with Crippen molar-refractivity contribution in [1.29, 1.82) is 0 Å². The maximum Gasteiger partial charge on any atom is 0.415 e. The van der Waals surface area contributed by atoms with Gasteiger partial charge in [-0.3, -0.25) is 19.3 Å². The maximum atomic E-state index is 15.3. The van der Waals surface area contributed by atoms with Crippen molar-refractivity contribution in [3.63, 3.8) is 0 Å². The number of amides is 4. The third-order valence-corrected chi connectivity index (χ3v) is 12.2. The van der Waals surface area contributed by atoms with E-state index in [9.17, 15) is 14.4 Å². The summed E-state index contributed by atoms with van der Waals surface area (Å²) in [5.74, 6) is -1.38. The van der Waals surface area contributed by atoms with Crippen molar-refractivity contribution in [3.05, 3.63) is 101 Å². The fourth-order valence-corrected chi connectivity index (χ4v) is 9.50. The van der Waals surface area contributed by atoms with Crippen LogP contribution in [0.3, 0.4) is 0 Å². The zero-order chi connectivity index (χ0) is 37.3. The molecule has 0 N–H and O–H groups in total. The van der Waals surface area contributed by atoms with Crippen LogP contribution in [0.2, 0.25) is 0 Å². The van der Waals surface area contributed by atoms with Crippen molar-refractivity contribution in [2.45, 2.75) is 113 Å². The third-order valence-electron chi connectivity index (χ3n) is 12.2. The minimum atomic E-state index is -0.900. The Labute approximate surface area is 316 Å². The van der Waals surface area contributed by atoms with Crippen molar-refractivity contribution >= 4 is 35.5 Å². The molecule has 1 saturated carbocycles. The molecule has 11 nitrogen and oxygen atoms in total. The van der Waals surface area contributed by atoms with Gasteiger partial charge in [-0.2, -0.15) is 0 Å². The predicted molar refractivity (Wildman–Crippen MR) is 200 cm³/mol. The van der Waals surface area contributed by atoms with Gasteiger partial charge in [0.05, 0.1) is 18.8 Å². The van der Waals surface area contributed by atoms with Crippen LogP contribution in [-0.4, -0.2) is 88.4 Å². The highest BCUT2D eigenvalue weighted by atomic mass is 16.6. The summed E-state index contributed by atoms with van der Waals surface area (Å²) in [5, 5.41) is 0. The summed E-state index contributed by atoms with van der Waals surface area (Å²) < 4.78 is 11.1. The molecule has 4 aliphatic heterocycles. The summed E-state index contributed by atoms with van der Waals surface area (Å²) >= 11 is 0. The molecule has 3 aromatic carbocycles. The average molecular weight is 733 g/mol. The van der Waals surface area contributed by atoms with E-state index in [1.54, 1.807) is 14.7 Å². The fourth-order valence-electron chi connectivity index (χ4n) is 9.50. The van der Waals surface area contributed by atoms with E-state index in [0.717, 1.165) is 54.4 Å². The minimum absolute atomic E-state index is 0.196. The van der Waals surface area contributed by atoms with Gasteiger partial charge in [0.2, 0.25) is 17.7 Å². The van der Waals surface area contributed by atoms with Gasteiger partial charge in [-0.25, -0.2) is 9.59 Å². The number of esters is 1. The van der Waals surface area contributed by atoms with Gasteiger partial charge in [-0.15, -0.1) is 0 Å². The van der Waals surface area contributed by atoms with E-state index in [2.05, 4.69) is 0 Å². The predicted octanol–water partition coefficient (Wildman–Crippen LogP) is 5.74. The number of anilines is 1. The summed E-state index contributed by atoms with van der Waals surface area (Å²) in [6, 6.07) is 21.3. The van der Waals surface area contributed by atoms with Crippen LogP contribution in [0.1, 0.15) is 86.1 Å². The highest BCUT2D eigenvalue weighted by molar-refractivity contribution is 6.02. The number of likely N-dealkylation sites (tertiary alicyclic amines) is 2. The molecule has 2 saturated heterocycles. The lowest BCUT2D eigenvalue weighted by molar-refractivity contribution is -0.157. The molecular weight excluding hydrogens is 684 g/mol.